The number of rotatable bonds is 3. The van der Waals surface area contributed by atoms with Crippen molar-refractivity contribution in [3.63, 3.8) is 0 Å². The second-order valence-corrected chi connectivity index (χ2v) is 4.83. The number of cyclic esters (lactones) is 1. The van der Waals surface area contributed by atoms with Gasteiger partial charge >= 0.3 is 5.97 Å². The maximum absolute atomic E-state index is 12.1. The molecule has 0 radical (unpaired) electrons. The molecular formula is C16H14N2O3. The highest BCUT2D eigenvalue weighted by molar-refractivity contribution is 5.95. The number of amides is 1. The van der Waals surface area contributed by atoms with Crippen molar-refractivity contribution in [3.8, 4) is 0 Å². The van der Waals surface area contributed by atoms with Crippen LogP contribution in [0.3, 0.4) is 0 Å². The van der Waals surface area contributed by atoms with Crippen molar-refractivity contribution in [1.82, 2.24) is 10.3 Å². The van der Waals surface area contributed by atoms with E-state index in [0.29, 0.717) is 18.5 Å². The lowest BCUT2D eigenvalue weighted by Gasteiger charge is -2.23. The third-order valence-corrected chi connectivity index (χ3v) is 3.40. The zero-order valence-electron chi connectivity index (χ0n) is 11.3. The Hall–Kier alpha value is -2.69. The van der Waals surface area contributed by atoms with Gasteiger partial charge in [0.1, 0.15) is 0 Å². The van der Waals surface area contributed by atoms with Crippen molar-refractivity contribution < 1.29 is 14.3 Å². The van der Waals surface area contributed by atoms with Crippen molar-refractivity contribution in [2.45, 2.75) is 19.1 Å². The molecule has 0 aliphatic carbocycles. The molecule has 0 bridgehead atoms. The number of hydrogen-bond acceptors (Lipinski definition) is 4. The van der Waals surface area contributed by atoms with Crippen LogP contribution in [0.1, 0.15) is 21.5 Å². The summed E-state index contributed by atoms with van der Waals surface area (Å²) in [7, 11) is 0. The molecule has 1 amide bonds. The molecule has 0 unspecified atom stereocenters. The molecule has 0 saturated carbocycles. The zero-order valence-corrected chi connectivity index (χ0v) is 11.3. The van der Waals surface area contributed by atoms with Gasteiger partial charge in [-0.3, -0.25) is 9.78 Å². The summed E-state index contributed by atoms with van der Waals surface area (Å²) in [6, 6.07) is 10.8. The van der Waals surface area contributed by atoms with Gasteiger partial charge in [0, 0.05) is 25.4 Å². The van der Waals surface area contributed by atoms with E-state index in [2.05, 4.69) is 10.3 Å². The highest BCUT2D eigenvalue weighted by atomic mass is 16.5. The summed E-state index contributed by atoms with van der Waals surface area (Å²) in [6.45, 7) is 0.386. The van der Waals surface area contributed by atoms with E-state index in [4.69, 9.17) is 4.74 Å². The monoisotopic (exact) mass is 282 g/mol. The summed E-state index contributed by atoms with van der Waals surface area (Å²) in [4.78, 5) is 27.9. The number of esters is 1. The molecule has 2 heterocycles. The third kappa shape index (κ3) is 2.91. The number of fused-ring (bicyclic) bond motifs is 1. The molecule has 21 heavy (non-hydrogen) atoms. The minimum absolute atomic E-state index is 0.283. The normalized spacial score (nSPS) is 16.8. The van der Waals surface area contributed by atoms with Crippen LogP contribution >= 0.6 is 0 Å². The summed E-state index contributed by atoms with van der Waals surface area (Å²) in [5, 5.41) is 2.78. The molecule has 1 atom stereocenters. The summed E-state index contributed by atoms with van der Waals surface area (Å²) in [5.41, 5.74) is 2.33. The van der Waals surface area contributed by atoms with Gasteiger partial charge in [-0.15, -0.1) is 0 Å². The van der Waals surface area contributed by atoms with Gasteiger partial charge in [0.05, 0.1) is 5.56 Å². The number of carbonyl (C=O) groups excluding carboxylic acids is 2. The number of hydrogen-bond donors (Lipinski definition) is 1. The van der Waals surface area contributed by atoms with Gasteiger partial charge < -0.3 is 10.1 Å². The Balaban J connectivity index is 1.65. The summed E-state index contributed by atoms with van der Waals surface area (Å²) < 4.78 is 5.20. The summed E-state index contributed by atoms with van der Waals surface area (Å²) in [5.74, 6) is -0.726. The van der Waals surface area contributed by atoms with Crippen LogP contribution in [0.4, 0.5) is 0 Å². The van der Waals surface area contributed by atoms with Gasteiger partial charge in [-0.1, -0.05) is 18.2 Å². The minimum atomic E-state index is -0.769. The molecule has 1 N–H and O–H groups in total. The first kappa shape index (κ1) is 13.3. The van der Waals surface area contributed by atoms with Crippen molar-refractivity contribution in [2.75, 3.05) is 0 Å². The number of nitrogens with one attached hydrogen (secondary N) is 1. The van der Waals surface area contributed by atoms with E-state index >= 15 is 0 Å². The Morgan fingerprint density at radius 3 is 2.81 bits per heavy atom. The van der Waals surface area contributed by atoms with Crippen LogP contribution in [0.15, 0.2) is 48.8 Å². The van der Waals surface area contributed by atoms with E-state index in [-0.39, 0.29) is 5.91 Å². The van der Waals surface area contributed by atoms with Crippen LogP contribution in [0.25, 0.3) is 0 Å². The SMILES string of the molecule is O=C1O[C@H](C(=O)NCc2ccncc2)Cc2ccccc21. The van der Waals surface area contributed by atoms with Crippen molar-refractivity contribution in [2.24, 2.45) is 0 Å². The molecule has 1 aliphatic rings. The first-order valence-electron chi connectivity index (χ1n) is 6.69. The zero-order chi connectivity index (χ0) is 14.7. The van der Waals surface area contributed by atoms with Crippen LogP contribution in [-0.2, 0) is 22.5 Å². The molecule has 0 fully saturated rings. The molecule has 106 valence electrons. The Bertz CT molecular complexity index is 670. The fourth-order valence-corrected chi connectivity index (χ4v) is 2.28. The number of carbonyl (C=O) groups is 2. The molecule has 1 aromatic heterocycles. The summed E-state index contributed by atoms with van der Waals surface area (Å²) in [6.07, 6.45) is 2.97. The largest absolute Gasteiger partial charge is 0.448 e. The van der Waals surface area contributed by atoms with Crippen LogP contribution in [0.2, 0.25) is 0 Å². The second kappa shape index (κ2) is 5.75. The molecule has 1 aromatic carbocycles. The maximum atomic E-state index is 12.1. The van der Waals surface area contributed by atoms with E-state index < -0.39 is 12.1 Å². The molecule has 5 nitrogen and oxygen atoms in total. The predicted octanol–water partition coefficient (Wildman–Crippen LogP) is 1.48. The first-order chi connectivity index (χ1) is 10.2. The topological polar surface area (TPSA) is 68.3 Å². The Labute approximate surface area is 122 Å². The van der Waals surface area contributed by atoms with Gasteiger partial charge in [0.2, 0.25) is 0 Å². The van der Waals surface area contributed by atoms with Gasteiger partial charge in [0.25, 0.3) is 5.91 Å². The minimum Gasteiger partial charge on any atom is -0.448 e. The van der Waals surface area contributed by atoms with Crippen LogP contribution in [0, 0.1) is 0 Å². The third-order valence-electron chi connectivity index (χ3n) is 3.40. The predicted molar refractivity (Wildman–Crippen MR) is 75.4 cm³/mol. The van der Waals surface area contributed by atoms with Crippen LogP contribution < -0.4 is 5.32 Å². The lowest BCUT2D eigenvalue weighted by Crippen LogP contribution is -2.41. The quantitative estimate of drug-likeness (QED) is 0.866. The lowest BCUT2D eigenvalue weighted by molar-refractivity contribution is -0.130. The first-order valence-corrected chi connectivity index (χ1v) is 6.69. The molecule has 1 aliphatic heterocycles. The molecule has 3 rings (SSSR count). The van der Waals surface area contributed by atoms with E-state index in [9.17, 15) is 9.59 Å². The summed E-state index contributed by atoms with van der Waals surface area (Å²) >= 11 is 0. The number of aromatic nitrogens is 1. The van der Waals surface area contributed by atoms with Gasteiger partial charge in [0.15, 0.2) is 6.10 Å². The molecule has 5 heteroatoms. The Morgan fingerprint density at radius 1 is 1.24 bits per heavy atom. The highest BCUT2D eigenvalue weighted by Gasteiger charge is 2.30. The molecule has 0 spiro atoms. The maximum Gasteiger partial charge on any atom is 0.339 e. The Kier molecular flexibility index (Phi) is 3.64. The van der Waals surface area contributed by atoms with Crippen LogP contribution in [-0.4, -0.2) is 23.0 Å². The van der Waals surface area contributed by atoms with Gasteiger partial charge in [-0.25, -0.2) is 4.79 Å². The number of ether oxygens (including phenoxy) is 1. The van der Waals surface area contributed by atoms with Crippen molar-refractivity contribution >= 4 is 11.9 Å². The fourth-order valence-electron chi connectivity index (χ4n) is 2.28. The lowest BCUT2D eigenvalue weighted by atomic mass is 9.98. The van der Waals surface area contributed by atoms with Gasteiger partial charge in [-0.05, 0) is 29.3 Å². The number of nitrogens with zero attached hydrogens (tertiary/aromatic N) is 1. The second-order valence-electron chi connectivity index (χ2n) is 4.83. The molecule has 0 saturated heterocycles. The van der Waals surface area contributed by atoms with E-state index in [1.54, 1.807) is 24.5 Å². The van der Waals surface area contributed by atoms with E-state index in [0.717, 1.165) is 11.1 Å². The highest BCUT2D eigenvalue weighted by Crippen LogP contribution is 2.20. The smallest absolute Gasteiger partial charge is 0.339 e. The number of pyridine rings is 1. The molecular weight excluding hydrogens is 268 g/mol. The fraction of sp³-hybridized carbons (Fsp3) is 0.188. The van der Waals surface area contributed by atoms with Crippen molar-refractivity contribution in [3.05, 3.63) is 65.5 Å². The van der Waals surface area contributed by atoms with E-state index in [1.807, 2.05) is 24.3 Å². The van der Waals surface area contributed by atoms with Crippen LogP contribution in [0.5, 0.6) is 0 Å². The standard InChI is InChI=1S/C16H14N2O3/c19-15(18-10-11-5-7-17-8-6-11)14-9-12-3-1-2-4-13(12)16(20)21-14/h1-8,14H,9-10H2,(H,18,19)/t14-/m0/s1. The van der Waals surface area contributed by atoms with Gasteiger partial charge in [-0.2, -0.15) is 0 Å². The van der Waals surface area contributed by atoms with E-state index in [1.165, 1.54) is 0 Å². The average Bonchev–Trinajstić information content (AvgIpc) is 2.53. The van der Waals surface area contributed by atoms with Crippen molar-refractivity contribution in [1.29, 1.82) is 0 Å². The Morgan fingerprint density at radius 2 is 2.00 bits per heavy atom. The number of benzene rings is 1. The molecule has 2 aromatic rings. The average molecular weight is 282 g/mol.